The van der Waals surface area contributed by atoms with Gasteiger partial charge in [0.15, 0.2) is 5.13 Å². The first-order valence-corrected chi connectivity index (χ1v) is 9.37. The topological polar surface area (TPSA) is 106 Å². The summed E-state index contributed by atoms with van der Waals surface area (Å²) >= 11 is 1.40. The highest BCUT2D eigenvalue weighted by Crippen LogP contribution is 2.35. The van der Waals surface area contributed by atoms with Gasteiger partial charge in [0.2, 0.25) is 11.6 Å². The number of anilines is 3. The Morgan fingerprint density at radius 3 is 2.50 bits per heavy atom. The number of aromatic nitrogens is 3. The number of nitrogens with one attached hydrogen (secondary N) is 2. The molecular formula is C19H16N6O2S. The summed E-state index contributed by atoms with van der Waals surface area (Å²) in [6, 6.07) is 17.1. The quantitative estimate of drug-likeness (QED) is 0.355. The number of nitrogens with zero attached hydrogens (tertiary/aromatic N) is 4. The van der Waals surface area contributed by atoms with E-state index in [9.17, 15) is 10.1 Å². The molecule has 0 amide bonds. The molecule has 0 saturated heterocycles. The van der Waals surface area contributed by atoms with Gasteiger partial charge in [0.1, 0.15) is 6.33 Å². The van der Waals surface area contributed by atoms with Crippen LogP contribution in [0.3, 0.4) is 0 Å². The molecule has 0 aliphatic rings. The smallest absolute Gasteiger partial charge is 0.353 e. The molecular weight excluding hydrogens is 376 g/mol. The van der Waals surface area contributed by atoms with Crippen LogP contribution < -0.4 is 10.6 Å². The van der Waals surface area contributed by atoms with Crippen LogP contribution in [0, 0.1) is 10.1 Å². The van der Waals surface area contributed by atoms with Crippen molar-refractivity contribution < 1.29 is 4.92 Å². The summed E-state index contributed by atoms with van der Waals surface area (Å²) in [6.45, 7) is 1.92. The van der Waals surface area contributed by atoms with Crippen molar-refractivity contribution in [1.29, 1.82) is 0 Å². The molecule has 2 aromatic carbocycles. The molecule has 9 heteroatoms. The molecule has 1 atom stereocenters. The van der Waals surface area contributed by atoms with Crippen molar-refractivity contribution in [3.63, 3.8) is 0 Å². The summed E-state index contributed by atoms with van der Waals surface area (Å²) < 4.78 is 0.984. The lowest BCUT2D eigenvalue weighted by molar-refractivity contribution is -0.383. The Balaban J connectivity index is 1.66. The lowest BCUT2D eigenvalue weighted by Gasteiger charge is -2.15. The van der Waals surface area contributed by atoms with Gasteiger partial charge in [-0.15, -0.1) is 0 Å². The van der Waals surface area contributed by atoms with Crippen LogP contribution in [-0.4, -0.2) is 19.9 Å². The summed E-state index contributed by atoms with van der Waals surface area (Å²) in [5.41, 5.74) is 1.60. The molecule has 0 aliphatic heterocycles. The molecule has 2 N–H and O–H groups in total. The standard InChI is InChI=1S/C19H16N6O2S/c1-12(13-7-3-2-4-8-13)22-17-16(25(26)27)18(21-11-20-17)24-19-23-14-9-5-6-10-15(14)28-19/h2-12H,1H3,(H2,20,21,22,23,24). The zero-order valence-electron chi connectivity index (χ0n) is 14.9. The van der Waals surface area contributed by atoms with E-state index >= 15 is 0 Å². The molecule has 28 heavy (non-hydrogen) atoms. The van der Waals surface area contributed by atoms with Crippen LogP contribution in [0.25, 0.3) is 10.2 Å². The van der Waals surface area contributed by atoms with E-state index in [0.717, 1.165) is 15.8 Å². The minimum atomic E-state index is -0.490. The lowest BCUT2D eigenvalue weighted by atomic mass is 10.1. The van der Waals surface area contributed by atoms with Crippen molar-refractivity contribution in [3.05, 3.63) is 76.6 Å². The van der Waals surface area contributed by atoms with Gasteiger partial charge in [0, 0.05) is 0 Å². The van der Waals surface area contributed by atoms with Crippen LogP contribution >= 0.6 is 11.3 Å². The van der Waals surface area contributed by atoms with Gasteiger partial charge in [-0.05, 0) is 24.6 Å². The first kappa shape index (κ1) is 17.8. The molecule has 140 valence electrons. The molecule has 4 rings (SSSR count). The summed E-state index contributed by atoms with van der Waals surface area (Å²) in [5, 5.41) is 18.4. The molecule has 2 aromatic heterocycles. The van der Waals surface area contributed by atoms with Crippen molar-refractivity contribution in [2.45, 2.75) is 13.0 Å². The van der Waals surface area contributed by atoms with Crippen molar-refractivity contribution in [2.75, 3.05) is 10.6 Å². The van der Waals surface area contributed by atoms with Gasteiger partial charge >= 0.3 is 5.69 Å². The third-order valence-corrected chi connectivity index (χ3v) is 5.13. The fourth-order valence-corrected chi connectivity index (χ4v) is 3.67. The fourth-order valence-electron chi connectivity index (χ4n) is 2.81. The monoisotopic (exact) mass is 392 g/mol. The zero-order valence-corrected chi connectivity index (χ0v) is 15.7. The number of rotatable bonds is 6. The van der Waals surface area contributed by atoms with Gasteiger partial charge in [-0.3, -0.25) is 10.1 Å². The van der Waals surface area contributed by atoms with E-state index in [4.69, 9.17) is 0 Å². The lowest BCUT2D eigenvalue weighted by Crippen LogP contribution is -2.11. The summed E-state index contributed by atoms with van der Waals surface area (Å²) in [4.78, 5) is 23.9. The molecule has 0 saturated carbocycles. The average Bonchev–Trinajstić information content (AvgIpc) is 3.11. The van der Waals surface area contributed by atoms with E-state index in [1.54, 1.807) is 0 Å². The molecule has 1 unspecified atom stereocenters. The van der Waals surface area contributed by atoms with Crippen LogP contribution in [0.1, 0.15) is 18.5 Å². The summed E-state index contributed by atoms with van der Waals surface area (Å²) in [7, 11) is 0. The minimum absolute atomic E-state index is 0.0989. The van der Waals surface area contributed by atoms with E-state index in [1.807, 2.05) is 61.5 Å². The Labute approximate surface area is 164 Å². The highest BCUT2D eigenvalue weighted by molar-refractivity contribution is 7.22. The van der Waals surface area contributed by atoms with Crippen LogP contribution in [0.5, 0.6) is 0 Å². The van der Waals surface area contributed by atoms with Crippen molar-refractivity contribution in [2.24, 2.45) is 0 Å². The third kappa shape index (κ3) is 3.60. The third-order valence-electron chi connectivity index (χ3n) is 4.18. The number of hydrogen-bond donors (Lipinski definition) is 2. The van der Waals surface area contributed by atoms with E-state index < -0.39 is 4.92 Å². The molecule has 2 heterocycles. The van der Waals surface area contributed by atoms with Gasteiger partial charge in [-0.1, -0.05) is 53.8 Å². The van der Waals surface area contributed by atoms with Gasteiger partial charge in [0.25, 0.3) is 0 Å². The molecule has 0 spiro atoms. The largest absolute Gasteiger partial charge is 0.358 e. The second-order valence-corrected chi connectivity index (χ2v) is 7.10. The summed E-state index contributed by atoms with van der Waals surface area (Å²) in [5.74, 6) is 0.252. The minimum Gasteiger partial charge on any atom is -0.358 e. The fraction of sp³-hybridized carbons (Fsp3) is 0.105. The maximum atomic E-state index is 11.8. The maximum Gasteiger partial charge on any atom is 0.353 e. The Hall–Kier alpha value is -3.59. The molecule has 8 nitrogen and oxygen atoms in total. The Bertz CT molecular complexity index is 1100. The number of nitro groups is 1. The van der Waals surface area contributed by atoms with E-state index in [0.29, 0.717) is 5.13 Å². The molecule has 0 radical (unpaired) electrons. The van der Waals surface area contributed by atoms with E-state index in [2.05, 4.69) is 25.6 Å². The van der Waals surface area contributed by atoms with Crippen LogP contribution in [0.4, 0.5) is 22.5 Å². The second-order valence-electron chi connectivity index (χ2n) is 6.07. The van der Waals surface area contributed by atoms with Gasteiger partial charge in [0.05, 0.1) is 21.2 Å². The summed E-state index contributed by atoms with van der Waals surface area (Å²) in [6.07, 6.45) is 1.29. The predicted octanol–water partition coefficient (Wildman–Crippen LogP) is 4.91. The Morgan fingerprint density at radius 2 is 1.75 bits per heavy atom. The Morgan fingerprint density at radius 1 is 1.04 bits per heavy atom. The van der Waals surface area contributed by atoms with Gasteiger partial charge < -0.3 is 10.6 Å². The molecule has 0 aliphatic carbocycles. The van der Waals surface area contributed by atoms with Crippen LogP contribution in [-0.2, 0) is 0 Å². The first-order chi connectivity index (χ1) is 13.6. The average molecular weight is 392 g/mol. The highest BCUT2D eigenvalue weighted by Gasteiger charge is 2.25. The van der Waals surface area contributed by atoms with Crippen LogP contribution in [0.15, 0.2) is 60.9 Å². The Kier molecular flexibility index (Phi) is 4.81. The van der Waals surface area contributed by atoms with Gasteiger partial charge in [-0.25, -0.2) is 15.0 Å². The maximum absolute atomic E-state index is 11.8. The number of thiazole rings is 1. The van der Waals surface area contributed by atoms with Crippen molar-refractivity contribution in [3.8, 4) is 0 Å². The SMILES string of the molecule is CC(Nc1ncnc(Nc2nc3ccccc3s2)c1[N+](=O)[O-])c1ccccc1. The zero-order chi connectivity index (χ0) is 19.5. The van der Waals surface area contributed by atoms with Crippen molar-refractivity contribution >= 4 is 44.0 Å². The molecule has 0 fully saturated rings. The number of para-hydroxylation sites is 1. The molecule has 0 bridgehead atoms. The highest BCUT2D eigenvalue weighted by atomic mass is 32.1. The normalized spacial score (nSPS) is 11.9. The number of hydrogen-bond acceptors (Lipinski definition) is 8. The van der Waals surface area contributed by atoms with Crippen molar-refractivity contribution in [1.82, 2.24) is 15.0 Å². The number of fused-ring (bicyclic) bond motifs is 1. The number of benzene rings is 2. The molecule has 4 aromatic rings. The van der Waals surface area contributed by atoms with E-state index in [1.165, 1.54) is 17.7 Å². The van der Waals surface area contributed by atoms with E-state index in [-0.39, 0.29) is 23.4 Å². The van der Waals surface area contributed by atoms with Crippen LogP contribution in [0.2, 0.25) is 0 Å². The second kappa shape index (κ2) is 7.57. The predicted molar refractivity (Wildman–Crippen MR) is 110 cm³/mol. The van der Waals surface area contributed by atoms with Gasteiger partial charge in [-0.2, -0.15) is 0 Å². The first-order valence-electron chi connectivity index (χ1n) is 8.55.